The summed E-state index contributed by atoms with van der Waals surface area (Å²) in [5.74, 6) is 2.99. The average molecular weight is 344 g/mol. The molecule has 2 N–H and O–H groups in total. The van der Waals surface area contributed by atoms with Gasteiger partial charge in [-0.15, -0.1) is 0 Å². The normalized spacial score (nSPS) is 33.9. The third-order valence-corrected chi connectivity index (χ3v) is 7.38. The summed E-state index contributed by atoms with van der Waals surface area (Å²) in [4.78, 5) is 0. The molecular formula is C23H37NO. The fraction of sp³-hybridized carbons (Fsp3) is 0.739. The van der Waals surface area contributed by atoms with Crippen LogP contribution in [0.25, 0.3) is 0 Å². The molecule has 0 bridgehead atoms. The molecule has 3 unspecified atom stereocenters. The zero-order valence-corrected chi connectivity index (χ0v) is 16.5. The van der Waals surface area contributed by atoms with E-state index in [-0.39, 0.29) is 6.10 Å². The van der Waals surface area contributed by atoms with Crippen LogP contribution in [0.4, 0.5) is 0 Å². The lowest BCUT2D eigenvalue weighted by Gasteiger charge is -2.34. The van der Waals surface area contributed by atoms with Gasteiger partial charge in [0.15, 0.2) is 0 Å². The van der Waals surface area contributed by atoms with Crippen LogP contribution in [0.15, 0.2) is 30.3 Å². The molecule has 2 fully saturated rings. The number of aliphatic hydroxyl groups excluding tert-OH is 1. The van der Waals surface area contributed by atoms with Crippen molar-refractivity contribution < 1.29 is 5.11 Å². The Kier molecular flexibility index (Phi) is 5.90. The van der Waals surface area contributed by atoms with Crippen LogP contribution in [-0.4, -0.2) is 23.8 Å². The SMILES string of the molecule is CC[C@H](C)C(C)(C)[C@@H]1C[C@H]1CNC1CC(O)CC(c2ccccc2)C1. The number of hydrogen-bond donors (Lipinski definition) is 2. The highest BCUT2D eigenvalue weighted by molar-refractivity contribution is 5.20. The minimum absolute atomic E-state index is 0.164. The van der Waals surface area contributed by atoms with Crippen molar-refractivity contribution in [3.05, 3.63) is 35.9 Å². The van der Waals surface area contributed by atoms with Crippen LogP contribution < -0.4 is 5.32 Å². The second-order valence-electron chi connectivity index (χ2n) is 9.31. The van der Waals surface area contributed by atoms with Gasteiger partial charge in [0.1, 0.15) is 0 Å². The Labute approximate surface area is 154 Å². The van der Waals surface area contributed by atoms with Gasteiger partial charge in [0, 0.05) is 6.04 Å². The minimum atomic E-state index is -0.164. The van der Waals surface area contributed by atoms with Gasteiger partial charge in [-0.3, -0.25) is 0 Å². The molecule has 0 amide bonds. The molecule has 3 rings (SSSR count). The van der Waals surface area contributed by atoms with Crippen LogP contribution >= 0.6 is 0 Å². The van der Waals surface area contributed by atoms with Gasteiger partial charge in [0.2, 0.25) is 0 Å². The summed E-state index contributed by atoms with van der Waals surface area (Å²) in [5.41, 5.74) is 1.84. The molecular weight excluding hydrogens is 306 g/mol. The lowest BCUT2D eigenvalue weighted by molar-refractivity contribution is 0.0994. The first kappa shape index (κ1) is 18.9. The van der Waals surface area contributed by atoms with E-state index in [1.165, 1.54) is 18.4 Å². The topological polar surface area (TPSA) is 32.3 Å². The maximum absolute atomic E-state index is 10.3. The van der Waals surface area contributed by atoms with Gasteiger partial charge >= 0.3 is 0 Å². The molecule has 0 radical (unpaired) electrons. The van der Waals surface area contributed by atoms with E-state index in [4.69, 9.17) is 0 Å². The van der Waals surface area contributed by atoms with Crippen molar-refractivity contribution in [3.63, 3.8) is 0 Å². The Morgan fingerprint density at radius 3 is 2.52 bits per heavy atom. The van der Waals surface area contributed by atoms with E-state index < -0.39 is 0 Å². The molecule has 2 saturated carbocycles. The number of aliphatic hydroxyl groups is 1. The van der Waals surface area contributed by atoms with Gasteiger partial charge in [-0.05, 0) is 66.9 Å². The lowest BCUT2D eigenvalue weighted by atomic mass is 9.74. The first-order chi connectivity index (χ1) is 11.9. The average Bonchev–Trinajstić information content (AvgIpc) is 3.40. The summed E-state index contributed by atoms with van der Waals surface area (Å²) in [6.45, 7) is 10.8. The zero-order chi connectivity index (χ0) is 18.0. The number of nitrogens with one attached hydrogen (secondary N) is 1. The molecule has 2 aliphatic rings. The van der Waals surface area contributed by atoms with E-state index in [1.54, 1.807) is 0 Å². The van der Waals surface area contributed by atoms with E-state index >= 15 is 0 Å². The molecule has 2 aliphatic carbocycles. The van der Waals surface area contributed by atoms with E-state index in [9.17, 15) is 5.11 Å². The zero-order valence-electron chi connectivity index (χ0n) is 16.5. The molecule has 1 aromatic carbocycles. The molecule has 2 nitrogen and oxygen atoms in total. The van der Waals surface area contributed by atoms with E-state index in [2.05, 4.69) is 63.3 Å². The molecule has 0 heterocycles. The van der Waals surface area contributed by atoms with Gasteiger partial charge in [0.25, 0.3) is 0 Å². The van der Waals surface area contributed by atoms with Crippen molar-refractivity contribution in [3.8, 4) is 0 Å². The third-order valence-electron chi connectivity index (χ3n) is 7.38. The fourth-order valence-corrected chi connectivity index (χ4v) is 5.05. The molecule has 25 heavy (non-hydrogen) atoms. The lowest BCUT2D eigenvalue weighted by Crippen LogP contribution is -2.40. The Hall–Kier alpha value is -0.860. The highest BCUT2D eigenvalue weighted by atomic mass is 16.3. The number of benzene rings is 1. The van der Waals surface area contributed by atoms with Crippen molar-refractivity contribution in [2.45, 2.75) is 77.9 Å². The van der Waals surface area contributed by atoms with E-state index in [0.717, 1.165) is 43.6 Å². The largest absolute Gasteiger partial charge is 0.393 e. The summed E-state index contributed by atoms with van der Waals surface area (Å²) in [6, 6.07) is 11.2. The van der Waals surface area contributed by atoms with E-state index in [0.29, 0.717) is 17.4 Å². The van der Waals surface area contributed by atoms with E-state index in [1.807, 2.05) is 0 Å². The predicted octanol–water partition coefficient (Wildman–Crippen LogP) is 4.98. The third kappa shape index (κ3) is 4.46. The van der Waals surface area contributed by atoms with Gasteiger partial charge < -0.3 is 10.4 Å². The molecule has 0 aromatic heterocycles. The molecule has 6 atom stereocenters. The fourth-order valence-electron chi connectivity index (χ4n) is 5.05. The van der Waals surface area contributed by atoms with Crippen LogP contribution in [0.1, 0.15) is 71.3 Å². The van der Waals surface area contributed by atoms with Crippen molar-refractivity contribution in [2.75, 3.05) is 6.54 Å². The second kappa shape index (κ2) is 7.80. The van der Waals surface area contributed by atoms with Gasteiger partial charge in [-0.25, -0.2) is 0 Å². The standard InChI is InChI=1S/C23H37NO/c1-5-16(2)23(3,4)22-13-19(22)15-24-20-11-18(12-21(25)14-20)17-9-7-6-8-10-17/h6-10,16,18-22,24-25H,5,11-15H2,1-4H3/t16-,18?,19-,20?,21?,22+/m0/s1. The summed E-state index contributed by atoms with van der Waals surface area (Å²) >= 11 is 0. The van der Waals surface area contributed by atoms with Crippen molar-refractivity contribution in [2.24, 2.45) is 23.2 Å². The van der Waals surface area contributed by atoms with Gasteiger partial charge in [0.05, 0.1) is 6.10 Å². The number of rotatable bonds is 7. The van der Waals surface area contributed by atoms with Crippen molar-refractivity contribution in [1.82, 2.24) is 5.32 Å². The van der Waals surface area contributed by atoms with Crippen molar-refractivity contribution in [1.29, 1.82) is 0 Å². The molecule has 140 valence electrons. The number of hydrogen-bond acceptors (Lipinski definition) is 2. The Morgan fingerprint density at radius 2 is 1.84 bits per heavy atom. The summed E-state index contributed by atoms with van der Waals surface area (Å²) in [6.07, 6.45) is 5.47. The summed E-state index contributed by atoms with van der Waals surface area (Å²) < 4.78 is 0. The quantitative estimate of drug-likeness (QED) is 0.731. The first-order valence-corrected chi connectivity index (χ1v) is 10.4. The van der Waals surface area contributed by atoms with Crippen LogP contribution in [-0.2, 0) is 0 Å². The summed E-state index contributed by atoms with van der Waals surface area (Å²) in [7, 11) is 0. The Morgan fingerprint density at radius 1 is 1.12 bits per heavy atom. The maximum atomic E-state index is 10.3. The second-order valence-corrected chi connectivity index (χ2v) is 9.31. The monoisotopic (exact) mass is 343 g/mol. The molecule has 0 aliphatic heterocycles. The first-order valence-electron chi connectivity index (χ1n) is 10.4. The van der Waals surface area contributed by atoms with Crippen LogP contribution in [0, 0.1) is 23.2 Å². The minimum Gasteiger partial charge on any atom is -0.393 e. The Balaban J connectivity index is 1.50. The Bertz CT molecular complexity index is 540. The highest BCUT2D eigenvalue weighted by Crippen LogP contribution is 2.54. The smallest absolute Gasteiger partial charge is 0.0561 e. The maximum Gasteiger partial charge on any atom is 0.0561 e. The molecule has 2 heteroatoms. The van der Waals surface area contributed by atoms with Gasteiger partial charge in [-0.2, -0.15) is 0 Å². The van der Waals surface area contributed by atoms with Crippen LogP contribution in [0.3, 0.4) is 0 Å². The van der Waals surface area contributed by atoms with Gasteiger partial charge in [-0.1, -0.05) is 64.4 Å². The summed E-state index contributed by atoms with van der Waals surface area (Å²) in [5, 5.41) is 14.2. The molecule has 0 spiro atoms. The van der Waals surface area contributed by atoms with Crippen molar-refractivity contribution >= 4 is 0 Å². The molecule has 0 saturated heterocycles. The van der Waals surface area contributed by atoms with Crippen LogP contribution in [0.2, 0.25) is 0 Å². The molecule has 1 aromatic rings. The predicted molar refractivity (Wildman–Crippen MR) is 106 cm³/mol. The van der Waals surface area contributed by atoms with Crippen LogP contribution in [0.5, 0.6) is 0 Å². The highest BCUT2D eigenvalue weighted by Gasteiger charge is 2.49.